The van der Waals surface area contributed by atoms with Crippen molar-refractivity contribution in [2.45, 2.75) is 26.6 Å². The van der Waals surface area contributed by atoms with Gasteiger partial charge in [-0.1, -0.05) is 0 Å². The Morgan fingerprint density at radius 1 is 1.35 bits per heavy atom. The number of hydrogen-bond acceptors (Lipinski definition) is 4. The Bertz CT molecular complexity index is 468. The summed E-state index contributed by atoms with van der Waals surface area (Å²) >= 11 is 0. The van der Waals surface area contributed by atoms with Crippen LogP contribution in [0.1, 0.15) is 19.4 Å². The van der Waals surface area contributed by atoms with E-state index in [0.717, 1.165) is 5.56 Å². The lowest BCUT2D eigenvalue weighted by molar-refractivity contribution is -0.0438. The molecule has 1 aliphatic heterocycles. The van der Waals surface area contributed by atoms with Crippen molar-refractivity contribution in [2.24, 2.45) is 0 Å². The van der Waals surface area contributed by atoms with E-state index in [1.54, 1.807) is 19.9 Å². The topological polar surface area (TPSA) is 56.8 Å². The van der Waals surface area contributed by atoms with Crippen LogP contribution in [0.5, 0.6) is 17.2 Å². The number of aryl methyl sites for hydroxylation is 1. The second-order valence-corrected chi connectivity index (χ2v) is 4.33. The number of carbonyl (C=O) groups is 1. The molecule has 0 aliphatic carbocycles. The monoisotopic (exact) mass is 237 g/mol. The van der Waals surface area contributed by atoms with E-state index in [9.17, 15) is 4.79 Å². The Balaban J connectivity index is 2.38. The first-order valence-corrected chi connectivity index (χ1v) is 5.33. The van der Waals surface area contributed by atoms with Gasteiger partial charge in [-0.2, -0.15) is 0 Å². The van der Waals surface area contributed by atoms with Crippen LogP contribution in [0.25, 0.3) is 0 Å². The van der Waals surface area contributed by atoms with E-state index in [4.69, 9.17) is 14.2 Å². The number of amides is 1. The molecule has 0 saturated heterocycles. The van der Waals surface area contributed by atoms with Crippen LogP contribution >= 0.6 is 0 Å². The lowest BCUT2D eigenvalue weighted by atomic mass is 10.2. The van der Waals surface area contributed by atoms with Crippen LogP contribution in [0, 0.1) is 6.92 Å². The van der Waals surface area contributed by atoms with Crippen LogP contribution in [0.4, 0.5) is 4.79 Å². The highest BCUT2D eigenvalue weighted by atomic mass is 16.7. The second kappa shape index (κ2) is 3.84. The maximum Gasteiger partial charge on any atom is 0.412 e. The van der Waals surface area contributed by atoms with Crippen LogP contribution in [0.2, 0.25) is 0 Å². The minimum Gasteiger partial charge on any atom is -0.449 e. The first-order valence-electron chi connectivity index (χ1n) is 5.33. The summed E-state index contributed by atoms with van der Waals surface area (Å²) in [6, 6.07) is 3.58. The molecular formula is C12H15NO4. The van der Waals surface area contributed by atoms with Crippen molar-refractivity contribution in [2.75, 3.05) is 7.05 Å². The molecule has 0 spiro atoms. The second-order valence-electron chi connectivity index (χ2n) is 4.33. The zero-order chi connectivity index (χ0) is 12.6. The van der Waals surface area contributed by atoms with Crippen LogP contribution in [0.15, 0.2) is 12.1 Å². The van der Waals surface area contributed by atoms with E-state index in [-0.39, 0.29) is 0 Å². The molecule has 5 heteroatoms. The summed E-state index contributed by atoms with van der Waals surface area (Å²) in [4.78, 5) is 11.2. The van der Waals surface area contributed by atoms with Gasteiger partial charge in [0.2, 0.25) is 11.5 Å². The summed E-state index contributed by atoms with van der Waals surface area (Å²) in [6.45, 7) is 5.49. The SMILES string of the molecule is CNC(=O)Oc1cc(C)cc2c1OC(C)(C)O2. The lowest BCUT2D eigenvalue weighted by Gasteiger charge is -2.16. The molecule has 92 valence electrons. The van der Waals surface area contributed by atoms with Crippen molar-refractivity contribution < 1.29 is 19.0 Å². The molecule has 0 unspecified atom stereocenters. The first-order chi connectivity index (χ1) is 7.91. The maximum absolute atomic E-state index is 11.2. The number of hydrogen-bond donors (Lipinski definition) is 1. The summed E-state index contributed by atoms with van der Waals surface area (Å²) in [7, 11) is 1.50. The number of fused-ring (bicyclic) bond motifs is 1. The third kappa shape index (κ3) is 2.27. The number of ether oxygens (including phenoxy) is 3. The highest BCUT2D eigenvalue weighted by Gasteiger charge is 2.35. The van der Waals surface area contributed by atoms with E-state index in [1.807, 2.05) is 13.0 Å². The van der Waals surface area contributed by atoms with Gasteiger partial charge in [0.05, 0.1) is 0 Å². The van der Waals surface area contributed by atoms with Crippen molar-refractivity contribution in [3.8, 4) is 17.2 Å². The molecule has 0 atom stereocenters. The predicted molar refractivity (Wildman–Crippen MR) is 61.6 cm³/mol. The van der Waals surface area contributed by atoms with Crippen molar-refractivity contribution >= 4 is 6.09 Å². The van der Waals surface area contributed by atoms with E-state index >= 15 is 0 Å². The van der Waals surface area contributed by atoms with E-state index in [1.165, 1.54) is 7.05 Å². The van der Waals surface area contributed by atoms with Gasteiger partial charge in [-0.15, -0.1) is 0 Å². The van der Waals surface area contributed by atoms with Crippen molar-refractivity contribution in [3.63, 3.8) is 0 Å². The van der Waals surface area contributed by atoms with E-state index < -0.39 is 11.9 Å². The van der Waals surface area contributed by atoms with Gasteiger partial charge in [0.1, 0.15) is 0 Å². The molecule has 0 fully saturated rings. The predicted octanol–water partition coefficient (Wildman–Crippen LogP) is 2.22. The van der Waals surface area contributed by atoms with Crippen molar-refractivity contribution in [1.29, 1.82) is 0 Å². The molecule has 1 heterocycles. The molecule has 0 bridgehead atoms. The quantitative estimate of drug-likeness (QED) is 0.813. The average molecular weight is 237 g/mol. The van der Waals surface area contributed by atoms with Gasteiger partial charge in [-0.05, 0) is 24.6 Å². The van der Waals surface area contributed by atoms with Crippen LogP contribution < -0.4 is 19.5 Å². The zero-order valence-electron chi connectivity index (χ0n) is 10.3. The summed E-state index contributed by atoms with van der Waals surface area (Å²) in [5.41, 5.74) is 0.934. The standard InChI is InChI=1S/C12H15NO4/c1-7-5-8(15-11(14)13-4)10-9(6-7)16-12(2,3)17-10/h5-6H,1-4H3,(H,13,14). The fourth-order valence-corrected chi connectivity index (χ4v) is 1.64. The van der Waals surface area contributed by atoms with E-state index in [2.05, 4.69) is 5.32 Å². The molecule has 17 heavy (non-hydrogen) atoms. The smallest absolute Gasteiger partial charge is 0.412 e. The van der Waals surface area contributed by atoms with Gasteiger partial charge in [0.25, 0.3) is 0 Å². The Hall–Kier alpha value is -1.91. The Labute approximate surface area is 99.7 Å². The zero-order valence-corrected chi connectivity index (χ0v) is 10.3. The minimum absolute atomic E-state index is 0.366. The normalized spacial score (nSPS) is 15.5. The van der Waals surface area contributed by atoms with Gasteiger partial charge >= 0.3 is 6.09 Å². The molecular weight excluding hydrogens is 222 g/mol. The third-order valence-electron chi connectivity index (χ3n) is 2.28. The molecule has 1 aromatic carbocycles. The number of benzene rings is 1. The lowest BCUT2D eigenvalue weighted by Crippen LogP contribution is -2.30. The van der Waals surface area contributed by atoms with Gasteiger partial charge < -0.3 is 19.5 Å². The van der Waals surface area contributed by atoms with Crippen molar-refractivity contribution in [3.05, 3.63) is 17.7 Å². The highest BCUT2D eigenvalue weighted by Crippen LogP contribution is 2.46. The van der Waals surface area contributed by atoms with Crippen LogP contribution in [-0.4, -0.2) is 18.9 Å². The summed E-state index contributed by atoms with van der Waals surface area (Å²) in [6.07, 6.45) is -0.536. The Morgan fingerprint density at radius 2 is 2.06 bits per heavy atom. The molecule has 0 saturated carbocycles. The molecule has 1 aliphatic rings. The minimum atomic E-state index is -0.739. The summed E-state index contributed by atoms with van der Waals surface area (Å²) in [5, 5.41) is 2.39. The number of carbonyl (C=O) groups excluding carboxylic acids is 1. The van der Waals surface area contributed by atoms with Gasteiger partial charge in [0.15, 0.2) is 11.5 Å². The summed E-state index contributed by atoms with van der Waals surface area (Å²) < 4.78 is 16.3. The molecule has 1 amide bonds. The van der Waals surface area contributed by atoms with Crippen molar-refractivity contribution in [1.82, 2.24) is 5.32 Å². The van der Waals surface area contributed by atoms with Gasteiger partial charge in [0, 0.05) is 20.9 Å². The Kier molecular flexibility index (Phi) is 2.61. The van der Waals surface area contributed by atoms with Gasteiger partial charge in [-0.25, -0.2) is 4.79 Å². The highest BCUT2D eigenvalue weighted by molar-refractivity contribution is 5.72. The largest absolute Gasteiger partial charge is 0.449 e. The molecule has 2 rings (SSSR count). The molecule has 0 aromatic heterocycles. The number of rotatable bonds is 1. The molecule has 1 aromatic rings. The molecule has 1 N–H and O–H groups in total. The van der Waals surface area contributed by atoms with Crippen LogP contribution in [-0.2, 0) is 0 Å². The molecule has 5 nitrogen and oxygen atoms in total. The number of nitrogens with one attached hydrogen (secondary N) is 1. The van der Waals surface area contributed by atoms with Crippen LogP contribution in [0.3, 0.4) is 0 Å². The van der Waals surface area contributed by atoms with E-state index in [0.29, 0.717) is 17.2 Å². The first kappa shape index (κ1) is 11.6. The maximum atomic E-state index is 11.2. The Morgan fingerprint density at radius 3 is 2.71 bits per heavy atom. The fraction of sp³-hybridized carbons (Fsp3) is 0.417. The van der Waals surface area contributed by atoms with Gasteiger partial charge in [-0.3, -0.25) is 0 Å². The summed E-state index contributed by atoms with van der Waals surface area (Å²) in [5.74, 6) is 0.680. The fourth-order valence-electron chi connectivity index (χ4n) is 1.64. The third-order valence-corrected chi connectivity index (χ3v) is 2.28. The molecule has 0 radical (unpaired) electrons. The average Bonchev–Trinajstić information content (AvgIpc) is 2.52.